The number of benzene rings is 2. The molecule has 5 atom stereocenters. The maximum atomic E-state index is 10.2. The van der Waals surface area contributed by atoms with Gasteiger partial charge in [0.05, 0.1) is 6.61 Å². The van der Waals surface area contributed by atoms with Gasteiger partial charge in [-0.15, -0.1) is 0 Å². The van der Waals surface area contributed by atoms with Gasteiger partial charge in [-0.25, -0.2) is 0 Å². The fraction of sp³-hybridized carbons (Fsp3) is 0.300. The van der Waals surface area contributed by atoms with Crippen LogP contribution in [0.5, 0.6) is 23.0 Å². The van der Waals surface area contributed by atoms with Crippen LogP contribution in [0.15, 0.2) is 36.4 Å². The van der Waals surface area contributed by atoms with Crippen molar-refractivity contribution in [3.8, 4) is 23.0 Å². The van der Waals surface area contributed by atoms with Crippen LogP contribution in [0, 0.1) is 0 Å². The van der Waals surface area contributed by atoms with E-state index in [1.165, 1.54) is 24.3 Å². The Morgan fingerprint density at radius 3 is 2.21 bits per heavy atom. The zero-order chi connectivity index (χ0) is 21.1. The first kappa shape index (κ1) is 20.9. The normalized spacial score (nSPS) is 27.2. The summed E-state index contributed by atoms with van der Waals surface area (Å²) < 4.78 is 10.8. The van der Waals surface area contributed by atoms with Crippen molar-refractivity contribution < 1.29 is 45.2 Å². The molecule has 7 N–H and O–H groups in total. The molecule has 1 heterocycles. The summed E-state index contributed by atoms with van der Waals surface area (Å²) in [6.07, 6.45) is -4.36. The van der Waals surface area contributed by atoms with Crippen molar-refractivity contribution in [2.24, 2.45) is 0 Å². The van der Waals surface area contributed by atoms with Crippen molar-refractivity contribution in [3.05, 3.63) is 47.5 Å². The minimum absolute atomic E-state index is 0.101. The molecule has 0 aliphatic carbocycles. The molecule has 0 amide bonds. The van der Waals surface area contributed by atoms with Gasteiger partial charge in [0.1, 0.15) is 35.9 Å². The van der Waals surface area contributed by atoms with Gasteiger partial charge >= 0.3 is 0 Å². The third-order valence-corrected chi connectivity index (χ3v) is 4.51. The molecule has 0 aromatic heterocycles. The van der Waals surface area contributed by atoms with Crippen molar-refractivity contribution >= 4 is 12.2 Å². The number of phenolic OH excluding ortho intramolecular Hbond substituents is 3. The van der Waals surface area contributed by atoms with Crippen LogP contribution < -0.4 is 4.74 Å². The Kier molecular flexibility index (Phi) is 6.26. The highest BCUT2D eigenvalue weighted by atomic mass is 16.7. The van der Waals surface area contributed by atoms with Gasteiger partial charge in [-0.05, 0) is 23.8 Å². The Hall–Kier alpha value is -2.82. The zero-order valence-electron chi connectivity index (χ0n) is 15.2. The number of aliphatic hydroxyl groups is 4. The second kappa shape index (κ2) is 8.68. The van der Waals surface area contributed by atoms with Crippen LogP contribution in [0.25, 0.3) is 12.2 Å². The molecule has 0 bridgehead atoms. The van der Waals surface area contributed by atoms with Crippen LogP contribution in [0.1, 0.15) is 11.1 Å². The SMILES string of the molecule is OC[C@@H]1O[C@H](Oc2c(O)cc(O)cc2C=Cc2ccc(O)cc2)[C@@H](O)[C@H](O)[C@H]1O. The summed E-state index contributed by atoms with van der Waals surface area (Å²) in [7, 11) is 0. The van der Waals surface area contributed by atoms with Crippen molar-refractivity contribution in [1.82, 2.24) is 0 Å². The van der Waals surface area contributed by atoms with E-state index in [4.69, 9.17) is 9.47 Å². The van der Waals surface area contributed by atoms with Gasteiger partial charge in [-0.3, -0.25) is 0 Å². The summed E-state index contributed by atoms with van der Waals surface area (Å²) >= 11 is 0. The Balaban J connectivity index is 1.89. The highest BCUT2D eigenvalue weighted by Gasteiger charge is 2.45. The Bertz CT molecular complexity index is 863. The summed E-state index contributed by atoms with van der Waals surface area (Å²) in [5, 5.41) is 68.5. The van der Waals surface area contributed by atoms with E-state index in [1.54, 1.807) is 18.2 Å². The van der Waals surface area contributed by atoms with Crippen LogP contribution in [0.3, 0.4) is 0 Å². The number of aliphatic hydroxyl groups excluding tert-OH is 4. The number of hydrogen-bond donors (Lipinski definition) is 7. The maximum absolute atomic E-state index is 10.2. The molecule has 3 rings (SSSR count). The van der Waals surface area contributed by atoms with E-state index in [9.17, 15) is 35.7 Å². The van der Waals surface area contributed by atoms with E-state index in [0.29, 0.717) is 5.56 Å². The molecule has 2 aromatic rings. The molecule has 9 heteroatoms. The quantitative estimate of drug-likeness (QED) is 0.343. The van der Waals surface area contributed by atoms with Gasteiger partial charge in [0.2, 0.25) is 6.29 Å². The van der Waals surface area contributed by atoms with E-state index in [1.807, 2.05) is 0 Å². The van der Waals surface area contributed by atoms with Crippen LogP contribution in [-0.2, 0) is 4.74 Å². The minimum atomic E-state index is -1.66. The molecule has 0 saturated carbocycles. The fourth-order valence-electron chi connectivity index (χ4n) is 2.92. The van der Waals surface area contributed by atoms with E-state index in [0.717, 1.165) is 6.07 Å². The third kappa shape index (κ3) is 4.61. The molecule has 0 spiro atoms. The highest BCUT2D eigenvalue weighted by molar-refractivity contribution is 5.75. The van der Waals surface area contributed by atoms with Crippen molar-refractivity contribution in [1.29, 1.82) is 0 Å². The first-order chi connectivity index (χ1) is 13.8. The lowest BCUT2D eigenvalue weighted by Gasteiger charge is -2.39. The van der Waals surface area contributed by atoms with Crippen LogP contribution in [0.2, 0.25) is 0 Å². The van der Waals surface area contributed by atoms with Crippen LogP contribution >= 0.6 is 0 Å². The molecule has 0 radical (unpaired) electrons. The van der Waals surface area contributed by atoms with Crippen molar-refractivity contribution in [3.63, 3.8) is 0 Å². The van der Waals surface area contributed by atoms with Gasteiger partial charge in [0.15, 0.2) is 11.5 Å². The van der Waals surface area contributed by atoms with E-state index < -0.39 is 43.1 Å². The monoisotopic (exact) mass is 406 g/mol. The molecule has 1 aliphatic rings. The number of phenols is 3. The van der Waals surface area contributed by atoms with Gasteiger partial charge in [-0.1, -0.05) is 24.3 Å². The molecular weight excluding hydrogens is 384 g/mol. The van der Waals surface area contributed by atoms with Gasteiger partial charge in [0, 0.05) is 11.6 Å². The first-order valence-electron chi connectivity index (χ1n) is 8.80. The van der Waals surface area contributed by atoms with E-state index >= 15 is 0 Å². The summed E-state index contributed by atoms with van der Waals surface area (Å²) in [5.41, 5.74) is 0.942. The zero-order valence-corrected chi connectivity index (χ0v) is 15.2. The summed E-state index contributed by atoms with van der Waals surface area (Å²) in [6, 6.07) is 8.60. The number of rotatable bonds is 5. The predicted molar refractivity (Wildman–Crippen MR) is 101 cm³/mol. The molecule has 2 aromatic carbocycles. The minimum Gasteiger partial charge on any atom is -0.508 e. The molecule has 29 heavy (non-hydrogen) atoms. The average Bonchev–Trinajstić information content (AvgIpc) is 2.69. The average molecular weight is 406 g/mol. The predicted octanol–water partition coefficient (Wildman–Crippen LogP) is 0.152. The third-order valence-electron chi connectivity index (χ3n) is 4.51. The topological polar surface area (TPSA) is 160 Å². The molecule has 0 unspecified atom stereocenters. The lowest BCUT2D eigenvalue weighted by atomic mass is 9.99. The lowest BCUT2D eigenvalue weighted by molar-refractivity contribution is -0.277. The van der Waals surface area contributed by atoms with Crippen LogP contribution in [-0.4, -0.2) is 73.1 Å². The van der Waals surface area contributed by atoms with Gasteiger partial charge in [0.25, 0.3) is 0 Å². The molecular formula is C20H22O9. The summed E-state index contributed by atoms with van der Waals surface area (Å²) in [4.78, 5) is 0. The Morgan fingerprint density at radius 2 is 1.55 bits per heavy atom. The molecule has 9 nitrogen and oxygen atoms in total. The molecule has 1 aliphatic heterocycles. The first-order valence-corrected chi connectivity index (χ1v) is 8.80. The van der Waals surface area contributed by atoms with Gasteiger partial charge < -0.3 is 45.2 Å². The van der Waals surface area contributed by atoms with Crippen LogP contribution in [0.4, 0.5) is 0 Å². The van der Waals surface area contributed by atoms with E-state index in [2.05, 4.69) is 0 Å². The largest absolute Gasteiger partial charge is 0.508 e. The number of ether oxygens (including phenoxy) is 2. The van der Waals surface area contributed by atoms with E-state index in [-0.39, 0.29) is 22.8 Å². The number of hydrogen-bond acceptors (Lipinski definition) is 9. The number of aromatic hydroxyl groups is 3. The lowest BCUT2D eigenvalue weighted by Crippen LogP contribution is -2.60. The van der Waals surface area contributed by atoms with Gasteiger partial charge in [-0.2, -0.15) is 0 Å². The molecule has 1 fully saturated rings. The highest BCUT2D eigenvalue weighted by Crippen LogP contribution is 2.38. The maximum Gasteiger partial charge on any atom is 0.229 e. The Labute approximate surface area is 165 Å². The molecule has 1 saturated heterocycles. The van der Waals surface area contributed by atoms with Crippen molar-refractivity contribution in [2.45, 2.75) is 30.7 Å². The fourth-order valence-corrected chi connectivity index (χ4v) is 2.92. The smallest absolute Gasteiger partial charge is 0.229 e. The van der Waals surface area contributed by atoms with Crippen molar-refractivity contribution in [2.75, 3.05) is 6.61 Å². The second-order valence-corrected chi connectivity index (χ2v) is 6.62. The molecule has 156 valence electrons. The standard InChI is InChI=1S/C20H22O9/c21-9-15-16(25)17(26)18(27)20(28-15)29-19-11(7-13(23)8-14(19)24)4-1-10-2-5-12(22)6-3-10/h1-8,15-18,20-27H,9H2/t15-,16-,17+,18-,20+/m0/s1. The summed E-state index contributed by atoms with van der Waals surface area (Å²) in [6.45, 7) is -0.625. The summed E-state index contributed by atoms with van der Waals surface area (Å²) in [5.74, 6) is -0.743. The second-order valence-electron chi connectivity index (χ2n) is 6.62. The Morgan fingerprint density at radius 1 is 0.862 bits per heavy atom.